The number of pyridine rings is 1. The lowest BCUT2D eigenvalue weighted by atomic mass is 10.2. The molecule has 1 aliphatic carbocycles. The molecule has 17 heavy (non-hydrogen) atoms. The van der Waals surface area contributed by atoms with Crippen LogP contribution >= 0.6 is 0 Å². The Balaban J connectivity index is 1.72. The number of nitrogens with one attached hydrogen (secondary N) is 1. The van der Waals surface area contributed by atoms with E-state index in [0.717, 1.165) is 11.3 Å². The highest BCUT2D eigenvalue weighted by Crippen LogP contribution is 2.20. The van der Waals surface area contributed by atoms with Crippen molar-refractivity contribution in [3.63, 3.8) is 0 Å². The summed E-state index contributed by atoms with van der Waals surface area (Å²) in [6, 6.07) is 4.52. The van der Waals surface area contributed by atoms with Gasteiger partial charge < -0.3 is 9.84 Å². The fourth-order valence-corrected chi connectivity index (χ4v) is 1.56. The number of nitrogens with zero attached hydrogens (tertiary/aromatic N) is 3. The van der Waals surface area contributed by atoms with Crippen LogP contribution in [0, 0.1) is 6.92 Å². The maximum atomic E-state index is 5.20. The third kappa shape index (κ3) is 2.50. The van der Waals surface area contributed by atoms with Crippen LogP contribution in [0.15, 0.2) is 22.9 Å². The van der Waals surface area contributed by atoms with E-state index < -0.39 is 0 Å². The predicted molar refractivity (Wildman–Crippen MR) is 62.1 cm³/mol. The lowest BCUT2D eigenvalue weighted by Crippen LogP contribution is -2.16. The van der Waals surface area contributed by atoms with Crippen LogP contribution in [0.4, 0.5) is 0 Å². The van der Waals surface area contributed by atoms with Crippen LogP contribution in [0.1, 0.15) is 24.4 Å². The van der Waals surface area contributed by atoms with E-state index in [1.807, 2.05) is 19.1 Å². The molecule has 2 heterocycles. The summed E-state index contributed by atoms with van der Waals surface area (Å²) in [4.78, 5) is 8.54. The second-order valence-electron chi connectivity index (χ2n) is 4.36. The number of hydrogen-bond donors (Lipinski definition) is 1. The Labute approximate surface area is 99.3 Å². The standard InChI is InChI=1S/C12H14N4O/c1-8-2-3-9(6-13-8)12-15-11(16-17-12)7-14-10-4-5-10/h2-3,6,10,14H,4-5,7H2,1H3. The van der Waals surface area contributed by atoms with Gasteiger partial charge in [-0.1, -0.05) is 5.16 Å². The molecule has 3 rings (SSSR count). The second kappa shape index (κ2) is 4.25. The highest BCUT2D eigenvalue weighted by Gasteiger charge is 2.21. The molecule has 0 unspecified atom stereocenters. The third-order valence-electron chi connectivity index (χ3n) is 2.75. The molecule has 0 bridgehead atoms. The Bertz CT molecular complexity index is 501. The summed E-state index contributed by atoms with van der Waals surface area (Å²) >= 11 is 0. The van der Waals surface area contributed by atoms with Gasteiger partial charge in [0.1, 0.15) is 0 Å². The van der Waals surface area contributed by atoms with Crippen molar-refractivity contribution in [2.24, 2.45) is 0 Å². The highest BCUT2D eigenvalue weighted by molar-refractivity contribution is 5.50. The van der Waals surface area contributed by atoms with Gasteiger partial charge in [-0.05, 0) is 31.9 Å². The molecule has 0 spiro atoms. The van der Waals surface area contributed by atoms with Crippen LogP contribution in [0.5, 0.6) is 0 Å². The zero-order chi connectivity index (χ0) is 11.7. The van der Waals surface area contributed by atoms with Crippen molar-refractivity contribution >= 4 is 0 Å². The Kier molecular flexibility index (Phi) is 2.60. The van der Waals surface area contributed by atoms with E-state index in [9.17, 15) is 0 Å². The van der Waals surface area contributed by atoms with Crippen LogP contribution in [0.3, 0.4) is 0 Å². The van der Waals surface area contributed by atoms with Crippen LogP contribution in [0.2, 0.25) is 0 Å². The molecule has 0 aliphatic heterocycles. The average molecular weight is 230 g/mol. The molecule has 2 aromatic heterocycles. The monoisotopic (exact) mass is 230 g/mol. The topological polar surface area (TPSA) is 63.8 Å². The van der Waals surface area contributed by atoms with Crippen LogP contribution in [-0.2, 0) is 6.54 Å². The molecule has 0 saturated heterocycles. The zero-order valence-corrected chi connectivity index (χ0v) is 9.68. The summed E-state index contributed by atoms with van der Waals surface area (Å²) in [5.74, 6) is 1.23. The molecule has 5 heteroatoms. The zero-order valence-electron chi connectivity index (χ0n) is 9.68. The van der Waals surface area contributed by atoms with Gasteiger partial charge in [0.2, 0.25) is 0 Å². The first kappa shape index (κ1) is 10.4. The van der Waals surface area contributed by atoms with Gasteiger partial charge in [-0.2, -0.15) is 4.98 Å². The molecule has 1 N–H and O–H groups in total. The first-order valence-corrected chi connectivity index (χ1v) is 5.80. The fraction of sp³-hybridized carbons (Fsp3) is 0.417. The number of rotatable bonds is 4. The second-order valence-corrected chi connectivity index (χ2v) is 4.36. The van der Waals surface area contributed by atoms with E-state index in [-0.39, 0.29) is 0 Å². The Morgan fingerprint density at radius 1 is 1.41 bits per heavy atom. The largest absolute Gasteiger partial charge is 0.334 e. The number of aryl methyl sites for hydroxylation is 1. The van der Waals surface area contributed by atoms with Crippen molar-refractivity contribution in [2.75, 3.05) is 0 Å². The molecular weight excluding hydrogens is 216 g/mol. The van der Waals surface area contributed by atoms with E-state index in [2.05, 4.69) is 20.4 Å². The molecule has 2 aromatic rings. The number of hydrogen-bond acceptors (Lipinski definition) is 5. The Morgan fingerprint density at radius 3 is 3.00 bits per heavy atom. The SMILES string of the molecule is Cc1ccc(-c2nc(CNC3CC3)no2)cn1. The summed E-state index contributed by atoms with van der Waals surface area (Å²) in [6.07, 6.45) is 4.26. The van der Waals surface area contributed by atoms with E-state index in [1.54, 1.807) is 6.20 Å². The first-order chi connectivity index (χ1) is 8.31. The van der Waals surface area contributed by atoms with Crippen LogP contribution in [-0.4, -0.2) is 21.2 Å². The maximum absolute atomic E-state index is 5.20. The normalized spacial score (nSPS) is 15.1. The first-order valence-electron chi connectivity index (χ1n) is 5.80. The molecule has 1 saturated carbocycles. The van der Waals surface area contributed by atoms with E-state index in [4.69, 9.17) is 4.52 Å². The van der Waals surface area contributed by atoms with E-state index in [1.165, 1.54) is 12.8 Å². The van der Waals surface area contributed by atoms with Crippen LogP contribution < -0.4 is 5.32 Å². The van der Waals surface area contributed by atoms with Crippen molar-refractivity contribution in [3.05, 3.63) is 29.8 Å². The van der Waals surface area contributed by atoms with Crippen LogP contribution in [0.25, 0.3) is 11.5 Å². The molecule has 1 fully saturated rings. The van der Waals surface area contributed by atoms with Crippen molar-refractivity contribution in [3.8, 4) is 11.5 Å². The smallest absolute Gasteiger partial charge is 0.259 e. The minimum Gasteiger partial charge on any atom is -0.334 e. The third-order valence-corrected chi connectivity index (χ3v) is 2.75. The van der Waals surface area contributed by atoms with Gasteiger partial charge in [-0.15, -0.1) is 0 Å². The van der Waals surface area contributed by atoms with Gasteiger partial charge in [0.05, 0.1) is 12.1 Å². The van der Waals surface area contributed by atoms with Gasteiger partial charge >= 0.3 is 0 Å². The molecule has 0 atom stereocenters. The maximum Gasteiger partial charge on any atom is 0.259 e. The van der Waals surface area contributed by atoms with Gasteiger partial charge in [-0.3, -0.25) is 4.98 Å². The predicted octanol–water partition coefficient (Wildman–Crippen LogP) is 1.69. The quantitative estimate of drug-likeness (QED) is 0.866. The Morgan fingerprint density at radius 2 is 2.29 bits per heavy atom. The minimum atomic E-state index is 0.532. The average Bonchev–Trinajstić information content (AvgIpc) is 3.06. The van der Waals surface area contributed by atoms with Crippen molar-refractivity contribution in [1.82, 2.24) is 20.4 Å². The summed E-state index contributed by atoms with van der Waals surface area (Å²) in [6.45, 7) is 2.62. The lowest BCUT2D eigenvalue weighted by molar-refractivity contribution is 0.419. The molecule has 0 amide bonds. The molecule has 5 nitrogen and oxygen atoms in total. The molecule has 0 radical (unpaired) electrons. The Hall–Kier alpha value is -1.75. The highest BCUT2D eigenvalue weighted by atomic mass is 16.5. The van der Waals surface area contributed by atoms with E-state index >= 15 is 0 Å². The summed E-state index contributed by atoms with van der Waals surface area (Å²) in [5.41, 5.74) is 1.84. The molecule has 1 aliphatic rings. The molecule has 0 aromatic carbocycles. The summed E-state index contributed by atoms with van der Waals surface area (Å²) in [7, 11) is 0. The molecule has 88 valence electrons. The fourth-order valence-electron chi connectivity index (χ4n) is 1.56. The summed E-state index contributed by atoms with van der Waals surface area (Å²) < 4.78 is 5.20. The van der Waals surface area contributed by atoms with Gasteiger partial charge in [0.25, 0.3) is 5.89 Å². The van der Waals surface area contributed by atoms with Gasteiger partial charge in [0, 0.05) is 17.9 Å². The summed E-state index contributed by atoms with van der Waals surface area (Å²) in [5, 5.41) is 7.28. The van der Waals surface area contributed by atoms with E-state index in [0.29, 0.717) is 24.3 Å². The van der Waals surface area contributed by atoms with Crippen molar-refractivity contribution in [1.29, 1.82) is 0 Å². The lowest BCUT2D eigenvalue weighted by Gasteiger charge is -1.95. The van der Waals surface area contributed by atoms with Crippen molar-refractivity contribution in [2.45, 2.75) is 32.4 Å². The van der Waals surface area contributed by atoms with Crippen molar-refractivity contribution < 1.29 is 4.52 Å². The van der Waals surface area contributed by atoms with Gasteiger partial charge in [-0.25, -0.2) is 0 Å². The molecular formula is C12H14N4O. The minimum absolute atomic E-state index is 0.532. The number of aromatic nitrogens is 3. The van der Waals surface area contributed by atoms with Gasteiger partial charge in [0.15, 0.2) is 5.82 Å².